The number of nitrogens with one attached hydrogen (secondary N) is 2. The fourth-order valence-electron chi connectivity index (χ4n) is 2.02. The van der Waals surface area contributed by atoms with Crippen LogP contribution >= 0.6 is 0 Å². The lowest BCUT2D eigenvalue weighted by molar-refractivity contribution is -0.385. The molecule has 7 nitrogen and oxygen atoms in total. The fourth-order valence-corrected chi connectivity index (χ4v) is 2.02. The second-order valence-corrected chi connectivity index (χ2v) is 4.73. The number of nitrogens with zero attached hydrogens (tertiary/aromatic N) is 1. The van der Waals surface area contributed by atoms with Crippen molar-refractivity contribution in [3.8, 4) is 0 Å². The summed E-state index contributed by atoms with van der Waals surface area (Å²) in [7, 11) is 1.54. The molecule has 0 bridgehead atoms. The molecule has 0 unspecified atom stereocenters. The van der Waals surface area contributed by atoms with Gasteiger partial charge in [0.15, 0.2) is 0 Å². The van der Waals surface area contributed by atoms with Gasteiger partial charge in [0.2, 0.25) is 0 Å². The van der Waals surface area contributed by atoms with E-state index < -0.39 is 10.8 Å². The van der Waals surface area contributed by atoms with Crippen LogP contribution in [0.2, 0.25) is 0 Å². The average molecular weight is 313 g/mol. The van der Waals surface area contributed by atoms with Gasteiger partial charge in [-0.1, -0.05) is 24.3 Å². The highest BCUT2D eigenvalue weighted by Crippen LogP contribution is 2.17. The number of carbonyl (C=O) groups excluding carboxylic acids is 2. The van der Waals surface area contributed by atoms with Crippen molar-refractivity contribution in [2.24, 2.45) is 0 Å². The summed E-state index contributed by atoms with van der Waals surface area (Å²) in [5.74, 6) is -0.715. The highest BCUT2D eigenvalue weighted by molar-refractivity contribution is 5.98. The molecule has 7 heteroatoms. The highest BCUT2D eigenvalue weighted by atomic mass is 16.6. The van der Waals surface area contributed by atoms with Gasteiger partial charge < -0.3 is 10.6 Å². The maximum absolute atomic E-state index is 12.1. The summed E-state index contributed by atoms with van der Waals surface area (Å²) >= 11 is 0. The van der Waals surface area contributed by atoms with Crippen LogP contribution in [-0.2, 0) is 6.54 Å². The summed E-state index contributed by atoms with van der Waals surface area (Å²) < 4.78 is 0. The third-order valence-corrected chi connectivity index (χ3v) is 3.24. The van der Waals surface area contributed by atoms with Crippen LogP contribution in [0.15, 0.2) is 48.5 Å². The average Bonchev–Trinajstić information content (AvgIpc) is 2.59. The molecule has 0 spiro atoms. The van der Waals surface area contributed by atoms with Gasteiger partial charge in [-0.2, -0.15) is 0 Å². The van der Waals surface area contributed by atoms with E-state index in [2.05, 4.69) is 10.6 Å². The van der Waals surface area contributed by atoms with E-state index >= 15 is 0 Å². The maximum Gasteiger partial charge on any atom is 0.282 e. The molecule has 0 saturated carbocycles. The van der Waals surface area contributed by atoms with Crippen molar-refractivity contribution in [1.29, 1.82) is 0 Å². The number of benzene rings is 2. The Morgan fingerprint density at radius 2 is 1.70 bits per heavy atom. The Balaban J connectivity index is 2.05. The first-order valence-electron chi connectivity index (χ1n) is 6.85. The van der Waals surface area contributed by atoms with Gasteiger partial charge in [0.1, 0.15) is 5.56 Å². The maximum atomic E-state index is 12.1. The van der Waals surface area contributed by atoms with Gasteiger partial charge in [0.25, 0.3) is 17.5 Å². The monoisotopic (exact) mass is 313 g/mol. The molecule has 2 aromatic rings. The number of rotatable bonds is 5. The molecule has 0 fully saturated rings. The van der Waals surface area contributed by atoms with E-state index in [-0.39, 0.29) is 23.7 Å². The summed E-state index contributed by atoms with van der Waals surface area (Å²) in [4.78, 5) is 33.8. The zero-order chi connectivity index (χ0) is 16.8. The summed E-state index contributed by atoms with van der Waals surface area (Å²) in [6.07, 6.45) is 0. The van der Waals surface area contributed by atoms with E-state index in [9.17, 15) is 19.7 Å². The van der Waals surface area contributed by atoms with Crippen LogP contribution in [0, 0.1) is 10.1 Å². The molecular formula is C16H15N3O4. The van der Waals surface area contributed by atoms with Crippen molar-refractivity contribution >= 4 is 17.5 Å². The minimum absolute atomic E-state index is 0.0134. The summed E-state index contributed by atoms with van der Waals surface area (Å²) in [6, 6.07) is 12.5. The number of hydrogen-bond donors (Lipinski definition) is 2. The van der Waals surface area contributed by atoms with Crippen LogP contribution in [0.25, 0.3) is 0 Å². The molecular weight excluding hydrogens is 298 g/mol. The third kappa shape index (κ3) is 3.91. The number of para-hydroxylation sites is 1. The largest absolute Gasteiger partial charge is 0.355 e. The number of carbonyl (C=O) groups is 2. The second kappa shape index (κ2) is 7.17. The van der Waals surface area contributed by atoms with E-state index in [0.29, 0.717) is 5.56 Å². The molecule has 0 aliphatic rings. The molecule has 2 amide bonds. The Kier molecular flexibility index (Phi) is 5.03. The first kappa shape index (κ1) is 16.2. The second-order valence-electron chi connectivity index (χ2n) is 4.73. The van der Waals surface area contributed by atoms with E-state index in [4.69, 9.17) is 0 Å². The molecule has 0 radical (unpaired) electrons. The number of nitro benzene ring substituents is 1. The lowest BCUT2D eigenvalue weighted by atomic mass is 10.1. The predicted octanol–water partition coefficient (Wildman–Crippen LogP) is 1.88. The summed E-state index contributed by atoms with van der Waals surface area (Å²) in [5.41, 5.74) is 1.07. The van der Waals surface area contributed by atoms with E-state index in [0.717, 1.165) is 5.56 Å². The first-order valence-corrected chi connectivity index (χ1v) is 6.85. The number of nitro groups is 1. The normalized spacial score (nSPS) is 9.96. The van der Waals surface area contributed by atoms with Crippen molar-refractivity contribution in [1.82, 2.24) is 10.6 Å². The van der Waals surface area contributed by atoms with Gasteiger partial charge in [-0.3, -0.25) is 19.7 Å². The SMILES string of the molecule is CNC(=O)c1ccc(CNC(=O)c2ccccc2[N+](=O)[O-])cc1. The molecule has 0 saturated heterocycles. The van der Waals surface area contributed by atoms with Crippen LogP contribution in [0.4, 0.5) is 5.69 Å². The Labute approximate surface area is 132 Å². The van der Waals surface area contributed by atoms with E-state index in [1.807, 2.05) is 0 Å². The zero-order valence-corrected chi connectivity index (χ0v) is 12.4. The van der Waals surface area contributed by atoms with Crippen molar-refractivity contribution in [3.05, 3.63) is 75.3 Å². The van der Waals surface area contributed by atoms with Crippen molar-refractivity contribution in [2.45, 2.75) is 6.54 Å². The highest BCUT2D eigenvalue weighted by Gasteiger charge is 2.18. The minimum Gasteiger partial charge on any atom is -0.355 e. The quantitative estimate of drug-likeness (QED) is 0.650. The van der Waals surface area contributed by atoms with Crippen LogP contribution in [0.1, 0.15) is 26.3 Å². The van der Waals surface area contributed by atoms with E-state index in [1.54, 1.807) is 37.4 Å². The van der Waals surface area contributed by atoms with Gasteiger partial charge >= 0.3 is 0 Å². The fraction of sp³-hybridized carbons (Fsp3) is 0.125. The van der Waals surface area contributed by atoms with Crippen LogP contribution in [-0.4, -0.2) is 23.8 Å². The van der Waals surface area contributed by atoms with Crippen molar-refractivity contribution < 1.29 is 14.5 Å². The molecule has 2 N–H and O–H groups in total. The summed E-state index contributed by atoms with van der Waals surface area (Å²) in [5, 5.41) is 16.1. The lowest BCUT2D eigenvalue weighted by Gasteiger charge is -2.07. The standard InChI is InChI=1S/C16H15N3O4/c1-17-15(20)12-8-6-11(7-9-12)10-18-16(21)13-4-2-3-5-14(13)19(22)23/h2-9H,10H2,1H3,(H,17,20)(H,18,21). The van der Waals surface area contributed by atoms with Crippen LogP contribution in [0.3, 0.4) is 0 Å². The van der Waals surface area contributed by atoms with Gasteiger partial charge in [-0.15, -0.1) is 0 Å². The Hall–Kier alpha value is -3.22. The predicted molar refractivity (Wildman–Crippen MR) is 84.1 cm³/mol. The first-order chi connectivity index (χ1) is 11.0. The molecule has 0 heterocycles. The molecule has 118 valence electrons. The lowest BCUT2D eigenvalue weighted by Crippen LogP contribution is -2.23. The van der Waals surface area contributed by atoms with Gasteiger partial charge in [0.05, 0.1) is 4.92 Å². The van der Waals surface area contributed by atoms with Gasteiger partial charge in [-0.25, -0.2) is 0 Å². The molecule has 23 heavy (non-hydrogen) atoms. The molecule has 0 aliphatic heterocycles. The van der Waals surface area contributed by atoms with Crippen LogP contribution in [0.5, 0.6) is 0 Å². The number of amides is 2. The molecule has 0 aliphatic carbocycles. The van der Waals surface area contributed by atoms with Crippen molar-refractivity contribution in [2.75, 3.05) is 7.05 Å². The van der Waals surface area contributed by atoms with Crippen molar-refractivity contribution in [3.63, 3.8) is 0 Å². The number of hydrogen-bond acceptors (Lipinski definition) is 4. The van der Waals surface area contributed by atoms with Gasteiger partial charge in [-0.05, 0) is 23.8 Å². The molecule has 2 rings (SSSR count). The molecule has 2 aromatic carbocycles. The Bertz CT molecular complexity index is 741. The third-order valence-electron chi connectivity index (χ3n) is 3.24. The van der Waals surface area contributed by atoms with Crippen LogP contribution < -0.4 is 10.6 Å². The summed E-state index contributed by atoms with van der Waals surface area (Å²) in [6.45, 7) is 0.207. The Morgan fingerprint density at radius 1 is 1.04 bits per heavy atom. The topological polar surface area (TPSA) is 101 Å². The van der Waals surface area contributed by atoms with Gasteiger partial charge in [0, 0.05) is 25.2 Å². The molecule has 0 aromatic heterocycles. The minimum atomic E-state index is -0.590. The molecule has 0 atom stereocenters. The Morgan fingerprint density at radius 3 is 2.30 bits per heavy atom. The van der Waals surface area contributed by atoms with E-state index in [1.165, 1.54) is 18.2 Å². The zero-order valence-electron chi connectivity index (χ0n) is 12.4. The smallest absolute Gasteiger partial charge is 0.282 e.